The van der Waals surface area contributed by atoms with Crippen molar-refractivity contribution in [1.82, 2.24) is 10.2 Å². The fourth-order valence-corrected chi connectivity index (χ4v) is 8.38. The number of carbonyl (C=O) groups excluding carboxylic acids is 1. The SMILES string of the molecule is Cc1cccc(C[N+]2(Cc3cccc(C)c3)CCC(N3CC(c4cccs4)(c4cccs4)NC3=O)CC2)c1. The van der Waals surface area contributed by atoms with E-state index in [4.69, 9.17) is 0 Å². The second-order valence-electron chi connectivity index (χ2n) is 11.2. The number of urea groups is 1. The molecule has 0 spiro atoms. The first-order valence-corrected chi connectivity index (χ1v) is 15.3. The average Bonchev–Trinajstić information content (AvgIpc) is 3.67. The van der Waals surface area contributed by atoms with Gasteiger partial charge in [-0.25, -0.2) is 4.79 Å². The van der Waals surface area contributed by atoms with Crippen molar-refractivity contribution in [3.8, 4) is 0 Å². The number of quaternary nitrogens is 1. The Kier molecular flexibility index (Phi) is 6.89. The summed E-state index contributed by atoms with van der Waals surface area (Å²) in [7, 11) is 0. The average molecular weight is 543 g/mol. The number of nitrogens with one attached hydrogen (secondary N) is 1. The molecule has 4 aromatic rings. The zero-order valence-corrected chi connectivity index (χ0v) is 23.9. The number of rotatable bonds is 7. The maximum absolute atomic E-state index is 13.5. The van der Waals surface area contributed by atoms with Crippen molar-refractivity contribution in [3.63, 3.8) is 0 Å². The summed E-state index contributed by atoms with van der Waals surface area (Å²) in [5, 5.41) is 7.66. The molecule has 2 aliphatic rings. The lowest BCUT2D eigenvalue weighted by Crippen LogP contribution is -2.56. The highest BCUT2D eigenvalue weighted by Gasteiger charge is 2.50. The van der Waals surface area contributed by atoms with Crippen molar-refractivity contribution in [1.29, 1.82) is 0 Å². The molecule has 196 valence electrons. The predicted octanol–water partition coefficient (Wildman–Crippen LogP) is 7.07. The van der Waals surface area contributed by atoms with Gasteiger partial charge in [0.1, 0.15) is 18.6 Å². The van der Waals surface area contributed by atoms with Crippen LogP contribution in [0.1, 0.15) is 44.8 Å². The highest BCUT2D eigenvalue weighted by Crippen LogP contribution is 2.41. The van der Waals surface area contributed by atoms with Crippen LogP contribution in [0.5, 0.6) is 0 Å². The minimum atomic E-state index is -0.439. The van der Waals surface area contributed by atoms with Gasteiger partial charge in [0.05, 0.1) is 19.6 Å². The summed E-state index contributed by atoms with van der Waals surface area (Å²) in [4.78, 5) is 18.1. The summed E-state index contributed by atoms with van der Waals surface area (Å²) < 4.78 is 1.04. The zero-order chi connectivity index (χ0) is 26.2. The molecular formula is C32H36N3OS2+. The molecule has 4 nitrogen and oxygen atoms in total. The van der Waals surface area contributed by atoms with Crippen LogP contribution in [-0.2, 0) is 18.6 Å². The molecule has 0 radical (unpaired) electrons. The van der Waals surface area contributed by atoms with Crippen LogP contribution < -0.4 is 5.32 Å². The molecule has 38 heavy (non-hydrogen) atoms. The van der Waals surface area contributed by atoms with Crippen LogP contribution >= 0.6 is 22.7 Å². The molecule has 2 aliphatic heterocycles. The first-order chi connectivity index (χ1) is 18.4. The Morgan fingerprint density at radius 1 is 0.842 bits per heavy atom. The van der Waals surface area contributed by atoms with Crippen LogP contribution in [0.25, 0.3) is 0 Å². The number of thiophene rings is 2. The molecule has 6 heteroatoms. The van der Waals surface area contributed by atoms with Gasteiger partial charge >= 0.3 is 6.03 Å². The minimum absolute atomic E-state index is 0.0779. The Labute approximate surface area is 234 Å². The number of nitrogens with zero attached hydrogens (tertiary/aromatic N) is 2. The van der Waals surface area contributed by atoms with Crippen LogP contribution in [0.3, 0.4) is 0 Å². The van der Waals surface area contributed by atoms with Gasteiger partial charge in [-0.15, -0.1) is 22.7 Å². The normalized spacial score (nSPS) is 19.0. The smallest absolute Gasteiger partial charge is 0.318 e. The summed E-state index contributed by atoms with van der Waals surface area (Å²) >= 11 is 3.47. The third-order valence-corrected chi connectivity index (χ3v) is 10.5. The van der Waals surface area contributed by atoms with E-state index in [9.17, 15) is 4.79 Å². The van der Waals surface area contributed by atoms with Crippen LogP contribution in [0.15, 0.2) is 83.6 Å². The maximum atomic E-state index is 13.5. The lowest BCUT2D eigenvalue weighted by molar-refractivity contribution is -0.958. The maximum Gasteiger partial charge on any atom is 0.318 e. The van der Waals surface area contributed by atoms with Gasteiger partial charge in [0, 0.05) is 39.8 Å². The summed E-state index contributed by atoms with van der Waals surface area (Å²) in [6, 6.07) is 26.8. The molecule has 1 N–H and O–H groups in total. The van der Waals surface area contributed by atoms with Gasteiger partial charge < -0.3 is 14.7 Å². The Balaban J connectivity index is 1.24. The van der Waals surface area contributed by atoms with Gasteiger partial charge in [0.15, 0.2) is 0 Å². The number of benzene rings is 2. The molecule has 2 amide bonds. The third kappa shape index (κ3) is 4.93. The number of aryl methyl sites for hydroxylation is 2. The number of carbonyl (C=O) groups is 1. The first-order valence-electron chi connectivity index (χ1n) is 13.6. The van der Waals surface area contributed by atoms with Crippen molar-refractivity contribution >= 4 is 28.7 Å². The Morgan fingerprint density at radius 3 is 1.87 bits per heavy atom. The zero-order valence-electron chi connectivity index (χ0n) is 22.2. The molecule has 2 aromatic carbocycles. The van der Waals surface area contributed by atoms with E-state index in [-0.39, 0.29) is 12.1 Å². The van der Waals surface area contributed by atoms with Crippen LogP contribution in [-0.4, -0.2) is 41.1 Å². The highest BCUT2D eigenvalue weighted by atomic mass is 32.1. The van der Waals surface area contributed by atoms with Gasteiger partial charge in [-0.3, -0.25) is 0 Å². The van der Waals surface area contributed by atoms with E-state index >= 15 is 0 Å². The van der Waals surface area contributed by atoms with E-state index in [2.05, 4.69) is 108 Å². The standard InChI is InChI=1S/C32H35N3OS2/c1-24-7-3-9-26(19-24)21-35(22-27-10-4-8-25(2)20-27)15-13-28(14-16-35)34-23-32(33-31(34)36,29-11-5-17-37-29)30-12-6-18-38-30/h3-12,17-20,28H,13-16,21-23H2,1-2H3/p+1. The molecule has 6 rings (SSSR count). The number of piperidine rings is 1. The van der Waals surface area contributed by atoms with Crippen LogP contribution in [0.4, 0.5) is 4.79 Å². The molecule has 0 atom stereocenters. The summed E-state index contributed by atoms with van der Waals surface area (Å²) in [5.74, 6) is 0. The summed E-state index contributed by atoms with van der Waals surface area (Å²) in [6.07, 6.45) is 2.05. The van der Waals surface area contributed by atoms with Gasteiger partial charge in [-0.2, -0.15) is 0 Å². The van der Waals surface area contributed by atoms with Crippen LogP contribution in [0, 0.1) is 13.8 Å². The monoisotopic (exact) mass is 542 g/mol. The molecule has 0 saturated carbocycles. The largest absolute Gasteiger partial charge is 0.321 e. The van der Waals surface area contributed by atoms with Gasteiger partial charge in [0.2, 0.25) is 0 Å². The van der Waals surface area contributed by atoms with Crippen molar-refractivity contribution in [3.05, 3.63) is 116 Å². The number of likely N-dealkylation sites (tertiary alicyclic amines) is 1. The predicted molar refractivity (Wildman–Crippen MR) is 157 cm³/mol. The Morgan fingerprint density at radius 2 is 1.39 bits per heavy atom. The molecular weight excluding hydrogens is 507 g/mol. The molecule has 2 fully saturated rings. The summed E-state index contributed by atoms with van der Waals surface area (Å²) in [5.41, 5.74) is 5.01. The molecule has 4 heterocycles. The summed E-state index contributed by atoms with van der Waals surface area (Å²) in [6.45, 7) is 9.27. The fraction of sp³-hybridized carbons (Fsp3) is 0.344. The Bertz CT molecular complexity index is 1300. The number of hydrogen-bond acceptors (Lipinski definition) is 3. The second-order valence-corrected chi connectivity index (χ2v) is 13.1. The lowest BCUT2D eigenvalue weighted by atomic mass is 9.94. The molecule has 2 aromatic heterocycles. The van der Waals surface area contributed by atoms with Gasteiger partial charge in [0.25, 0.3) is 0 Å². The minimum Gasteiger partial charge on any atom is -0.321 e. The van der Waals surface area contributed by atoms with E-state index < -0.39 is 5.54 Å². The first kappa shape index (κ1) is 25.4. The number of hydrogen-bond donors (Lipinski definition) is 1. The van der Waals surface area contributed by atoms with Crippen molar-refractivity contribution in [2.45, 2.75) is 51.4 Å². The highest BCUT2D eigenvalue weighted by molar-refractivity contribution is 7.11. The fourth-order valence-electron chi connectivity index (χ4n) is 6.54. The third-order valence-electron chi connectivity index (χ3n) is 8.39. The van der Waals surface area contributed by atoms with E-state index in [1.54, 1.807) is 22.7 Å². The van der Waals surface area contributed by atoms with Crippen LogP contribution in [0.2, 0.25) is 0 Å². The lowest BCUT2D eigenvalue weighted by Gasteiger charge is -2.45. The Hall–Kier alpha value is -2.93. The van der Waals surface area contributed by atoms with E-state index in [1.807, 2.05) is 0 Å². The molecule has 2 saturated heterocycles. The topological polar surface area (TPSA) is 32.3 Å². The van der Waals surface area contributed by atoms with Gasteiger partial charge in [-0.05, 0) is 36.7 Å². The van der Waals surface area contributed by atoms with E-state index in [0.29, 0.717) is 6.54 Å². The van der Waals surface area contributed by atoms with E-state index in [1.165, 1.54) is 32.0 Å². The van der Waals surface area contributed by atoms with Crippen molar-refractivity contribution in [2.75, 3.05) is 19.6 Å². The van der Waals surface area contributed by atoms with Crippen molar-refractivity contribution < 1.29 is 9.28 Å². The van der Waals surface area contributed by atoms with E-state index in [0.717, 1.165) is 43.5 Å². The molecule has 0 unspecified atom stereocenters. The second kappa shape index (κ2) is 10.3. The number of amides is 2. The quantitative estimate of drug-likeness (QED) is 0.249. The molecule has 0 aliphatic carbocycles. The van der Waals surface area contributed by atoms with Gasteiger partial charge in [-0.1, -0.05) is 71.8 Å². The molecule has 0 bridgehead atoms. The van der Waals surface area contributed by atoms with Crippen molar-refractivity contribution in [2.24, 2.45) is 0 Å².